The number of aliphatic hydroxyl groups is 1. The lowest BCUT2D eigenvalue weighted by molar-refractivity contribution is -0.146. The van der Waals surface area contributed by atoms with Crippen LogP contribution in [0.1, 0.15) is 20.3 Å². The van der Waals surface area contributed by atoms with Gasteiger partial charge in [0.05, 0.1) is 17.4 Å². The number of nitrogens with one attached hydrogen (secondary N) is 2. The van der Waals surface area contributed by atoms with Gasteiger partial charge in [0.25, 0.3) is 10.2 Å². The number of nitrogens with two attached hydrogens (primary N) is 1. The molecule has 0 aromatic carbocycles. The molecule has 0 aromatic heterocycles. The summed E-state index contributed by atoms with van der Waals surface area (Å²) in [6.07, 6.45) is -0.582. The zero-order valence-electron chi connectivity index (χ0n) is 15.5. The molecule has 0 radical (unpaired) electrons. The van der Waals surface area contributed by atoms with Crippen molar-refractivity contribution >= 4 is 39.6 Å². The first-order valence-electron chi connectivity index (χ1n) is 8.78. The van der Waals surface area contributed by atoms with Crippen molar-refractivity contribution in [3.05, 3.63) is 0 Å². The van der Waals surface area contributed by atoms with Gasteiger partial charge in [-0.05, 0) is 19.3 Å². The molecule has 7 N–H and O–H groups in total. The van der Waals surface area contributed by atoms with Crippen LogP contribution in [-0.2, 0) is 19.8 Å². The van der Waals surface area contributed by atoms with Crippen molar-refractivity contribution in [1.82, 2.24) is 10.0 Å². The van der Waals surface area contributed by atoms with Crippen molar-refractivity contribution < 1.29 is 33.3 Å². The van der Waals surface area contributed by atoms with Crippen LogP contribution in [0.4, 0.5) is 0 Å². The van der Waals surface area contributed by atoms with Crippen LogP contribution in [-0.4, -0.2) is 83.2 Å². The van der Waals surface area contributed by atoms with Crippen molar-refractivity contribution in [3.8, 4) is 0 Å². The number of carbonyl (C=O) groups is 2. The van der Waals surface area contributed by atoms with Crippen molar-refractivity contribution in [3.63, 3.8) is 0 Å². The molecule has 11 nitrogen and oxygen atoms in total. The summed E-state index contributed by atoms with van der Waals surface area (Å²) >= 11 is 1.38. The van der Waals surface area contributed by atoms with Gasteiger partial charge in [-0.15, -0.1) is 11.8 Å². The lowest BCUT2D eigenvalue weighted by atomic mass is 9.86. The molecule has 2 heterocycles. The molecule has 0 aromatic rings. The largest absolute Gasteiger partial charge is 0.481 e. The number of carboxylic acids is 2. The van der Waals surface area contributed by atoms with Crippen LogP contribution in [0, 0.1) is 11.8 Å². The monoisotopic (exact) mass is 438 g/mol. The van der Waals surface area contributed by atoms with E-state index in [-0.39, 0.29) is 23.5 Å². The smallest absolute Gasteiger partial charge is 0.350 e. The first-order valence-corrected chi connectivity index (χ1v) is 11.3. The van der Waals surface area contributed by atoms with Crippen LogP contribution in [0.5, 0.6) is 0 Å². The van der Waals surface area contributed by atoms with Crippen LogP contribution >= 0.6 is 11.8 Å². The minimum Gasteiger partial charge on any atom is -0.481 e. The molecule has 0 aliphatic carbocycles. The van der Waals surface area contributed by atoms with Gasteiger partial charge in [0.1, 0.15) is 11.6 Å². The Kier molecular flexibility index (Phi) is 7.44. The summed E-state index contributed by atoms with van der Waals surface area (Å²) in [5.74, 6) is -4.01. The van der Waals surface area contributed by atoms with E-state index in [1.807, 2.05) is 0 Å². The molecular formula is C15H26N4O7S2. The zero-order valence-corrected chi connectivity index (χ0v) is 17.1. The van der Waals surface area contributed by atoms with Gasteiger partial charge in [0, 0.05) is 24.4 Å². The van der Waals surface area contributed by atoms with E-state index >= 15 is 0 Å². The van der Waals surface area contributed by atoms with Crippen molar-refractivity contribution in [1.29, 1.82) is 0 Å². The van der Waals surface area contributed by atoms with Gasteiger partial charge < -0.3 is 20.6 Å². The maximum Gasteiger partial charge on any atom is 0.350 e. The molecule has 0 unspecified atom stereocenters. The molecule has 0 amide bonds. The van der Waals surface area contributed by atoms with E-state index in [0.29, 0.717) is 13.0 Å². The molecule has 13 heteroatoms. The predicted molar refractivity (Wildman–Crippen MR) is 104 cm³/mol. The molecule has 2 rings (SSSR count). The number of hydrogen-bond donors (Lipinski definition) is 6. The molecule has 0 bridgehead atoms. The van der Waals surface area contributed by atoms with Gasteiger partial charge >= 0.3 is 11.9 Å². The molecule has 0 saturated carbocycles. The lowest BCUT2D eigenvalue weighted by Crippen LogP contribution is -2.40. The number of aliphatic hydroxyl groups excluding tert-OH is 1. The summed E-state index contributed by atoms with van der Waals surface area (Å²) < 4.78 is 24.2. The Hall–Kier alpha value is -1.25. The van der Waals surface area contributed by atoms with Gasteiger partial charge in [-0.3, -0.25) is 9.79 Å². The van der Waals surface area contributed by atoms with Crippen LogP contribution in [0.25, 0.3) is 0 Å². The number of carboxylic acid groups (broad SMARTS) is 2. The fourth-order valence-corrected chi connectivity index (χ4v) is 5.74. The highest BCUT2D eigenvalue weighted by Gasteiger charge is 2.47. The van der Waals surface area contributed by atoms with E-state index in [1.165, 1.54) is 18.7 Å². The van der Waals surface area contributed by atoms with Gasteiger partial charge in [-0.25, -0.2) is 14.7 Å². The molecule has 0 spiro atoms. The summed E-state index contributed by atoms with van der Waals surface area (Å²) in [6, 6.07) is -0.979. The second-order valence-corrected chi connectivity index (χ2v) is 10.0. The zero-order chi connectivity index (χ0) is 21.2. The molecule has 28 heavy (non-hydrogen) atoms. The van der Waals surface area contributed by atoms with Crippen LogP contribution in [0.15, 0.2) is 4.99 Å². The fraction of sp³-hybridized carbons (Fsp3) is 0.800. The highest BCUT2D eigenvalue weighted by atomic mass is 32.2. The van der Waals surface area contributed by atoms with Crippen LogP contribution in [0.2, 0.25) is 0 Å². The second kappa shape index (κ2) is 9.05. The predicted octanol–water partition coefficient (Wildman–Crippen LogP) is -1.76. The summed E-state index contributed by atoms with van der Waals surface area (Å²) in [5, 5.41) is 36.3. The Labute approximate surface area is 167 Å². The van der Waals surface area contributed by atoms with Crippen molar-refractivity contribution in [2.75, 3.05) is 13.1 Å². The molecule has 160 valence electrons. The SMILES string of the molecule is C[C@@H]1[C@H]([C@H](C(=O)O)[C@@H](C)O)N=C(C(=O)O)[C@H]1S[C@@H]1CN[C@H](CNS(N)(=O)=O)C1. The normalized spacial score (nSPS) is 32.7. The van der Waals surface area contributed by atoms with Crippen molar-refractivity contribution in [2.24, 2.45) is 22.0 Å². The highest BCUT2D eigenvalue weighted by molar-refractivity contribution is 8.01. The van der Waals surface area contributed by atoms with Gasteiger partial charge in [-0.1, -0.05) is 6.92 Å². The molecule has 1 fully saturated rings. The molecule has 1 saturated heterocycles. The van der Waals surface area contributed by atoms with E-state index in [0.717, 1.165) is 0 Å². The Morgan fingerprint density at radius 2 is 2.07 bits per heavy atom. The Morgan fingerprint density at radius 1 is 1.43 bits per heavy atom. The Balaban J connectivity index is 2.07. The standard InChI is InChI=1S/C15H26N4O7S2/c1-6-11(10(7(2)20)14(21)22)19-12(15(23)24)13(6)27-9-3-8(17-5-9)4-18-28(16,25)26/h6-11,13,17-18,20H,3-5H2,1-2H3,(H,21,22)(H,23,24)(H2,16,25,26)/t6-,7-,8+,9+,10-,11-,13+/m1/s1. The number of aliphatic carboxylic acids is 2. The maximum absolute atomic E-state index is 11.7. The summed E-state index contributed by atoms with van der Waals surface area (Å²) in [5.41, 5.74) is -0.0967. The third kappa shape index (κ3) is 5.64. The molecule has 7 atom stereocenters. The highest BCUT2D eigenvalue weighted by Crippen LogP contribution is 2.39. The minimum absolute atomic E-state index is 0.00198. The number of nitrogens with zero attached hydrogens (tertiary/aromatic N) is 1. The third-order valence-electron chi connectivity index (χ3n) is 5.02. The summed E-state index contributed by atoms with van der Waals surface area (Å²) in [6.45, 7) is 3.76. The van der Waals surface area contributed by atoms with E-state index in [2.05, 4.69) is 15.0 Å². The molecule has 2 aliphatic heterocycles. The maximum atomic E-state index is 11.7. The van der Waals surface area contributed by atoms with Gasteiger partial charge in [-0.2, -0.15) is 8.42 Å². The van der Waals surface area contributed by atoms with E-state index in [4.69, 9.17) is 5.14 Å². The fourth-order valence-electron chi connectivity index (χ4n) is 3.66. The summed E-state index contributed by atoms with van der Waals surface area (Å²) in [4.78, 5) is 27.3. The van der Waals surface area contributed by atoms with Crippen molar-refractivity contribution in [2.45, 2.75) is 49.0 Å². The number of aliphatic imine (C=N–C) groups is 1. The topological polar surface area (TPSA) is 191 Å². The number of rotatable bonds is 9. The summed E-state index contributed by atoms with van der Waals surface area (Å²) in [7, 11) is -3.79. The third-order valence-corrected chi connectivity index (χ3v) is 7.28. The van der Waals surface area contributed by atoms with Gasteiger partial charge in [0.15, 0.2) is 0 Å². The molecule has 2 aliphatic rings. The van der Waals surface area contributed by atoms with E-state index in [9.17, 15) is 33.3 Å². The quantitative estimate of drug-likeness (QED) is 0.242. The number of thioether (sulfide) groups is 1. The Morgan fingerprint density at radius 3 is 2.57 bits per heavy atom. The van der Waals surface area contributed by atoms with E-state index in [1.54, 1.807) is 6.92 Å². The minimum atomic E-state index is -3.79. The Bertz CT molecular complexity index is 743. The van der Waals surface area contributed by atoms with Crippen LogP contribution in [0.3, 0.4) is 0 Å². The van der Waals surface area contributed by atoms with Gasteiger partial charge in [0.2, 0.25) is 0 Å². The number of hydrogen-bond acceptors (Lipinski definition) is 8. The van der Waals surface area contributed by atoms with Crippen LogP contribution < -0.4 is 15.2 Å². The first kappa shape index (κ1) is 23.0. The van der Waals surface area contributed by atoms with E-state index < -0.39 is 51.4 Å². The molecular weight excluding hydrogens is 412 g/mol. The second-order valence-electron chi connectivity index (χ2n) is 7.19. The lowest BCUT2D eigenvalue weighted by Gasteiger charge is -2.27. The average molecular weight is 439 g/mol. The first-order chi connectivity index (χ1) is 12.9. The average Bonchev–Trinajstić information content (AvgIpc) is 3.11.